The summed E-state index contributed by atoms with van der Waals surface area (Å²) in [5.41, 5.74) is 1.81. The summed E-state index contributed by atoms with van der Waals surface area (Å²) >= 11 is 2.63. The van der Waals surface area contributed by atoms with Crippen molar-refractivity contribution in [1.82, 2.24) is 14.1 Å². The van der Waals surface area contributed by atoms with Gasteiger partial charge in [0.1, 0.15) is 0 Å². The molecule has 1 amide bonds. The van der Waals surface area contributed by atoms with Gasteiger partial charge in [-0.3, -0.25) is 4.79 Å². The molecule has 2 heterocycles. The number of amides is 1. The first-order chi connectivity index (χ1) is 8.96. The molecule has 1 aliphatic heterocycles. The highest BCUT2D eigenvalue weighted by Gasteiger charge is 2.28. The van der Waals surface area contributed by atoms with Crippen molar-refractivity contribution in [2.24, 2.45) is 0 Å². The molecule has 1 atom stereocenters. The maximum atomic E-state index is 11.7. The smallest absolute Gasteiger partial charge is 0.230 e. The molecule has 1 aliphatic rings. The Morgan fingerprint density at radius 3 is 2.89 bits per heavy atom. The maximum Gasteiger partial charge on any atom is 0.230 e. The van der Waals surface area contributed by atoms with E-state index in [9.17, 15) is 13.2 Å². The number of aryl methyl sites for hydroxylation is 1. The van der Waals surface area contributed by atoms with Gasteiger partial charge in [-0.25, -0.2) is 8.42 Å². The van der Waals surface area contributed by atoms with E-state index in [0.717, 1.165) is 11.4 Å². The molecule has 0 bridgehead atoms. The van der Waals surface area contributed by atoms with Crippen molar-refractivity contribution in [3.05, 3.63) is 11.4 Å². The van der Waals surface area contributed by atoms with Crippen molar-refractivity contribution in [2.45, 2.75) is 25.1 Å². The molecule has 2 rings (SSSR count). The van der Waals surface area contributed by atoms with Gasteiger partial charge >= 0.3 is 0 Å². The molecule has 0 saturated carbocycles. The van der Waals surface area contributed by atoms with Crippen molar-refractivity contribution in [1.29, 1.82) is 0 Å². The van der Waals surface area contributed by atoms with Crippen molar-refractivity contribution >= 4 is 39.2 Å². The first-order valence-electron chi connectivity index (χ1n) is 5.82. The Bertz CT molecular complexity index is 555. The third kappa shape index (κ3) is 4.43. The van der Waals surface area contributed by atoms with Gasteiger partial charge < -0.3 is 5.32 Å². The van der Waals surface area contributed by atoms with Gasteiger partial charge in [0.15, 0.2) is 9.84 Å². The predicted molar refractivity (Wildman–Crippen MR) is 76.0 cm³/mol. The summed E-state index contributed by atoms with van der Waals surface area (Å²) in [5.74, 6) is 1.09. The van der Waals surface area contributed by atoms with E-state index >= 15 is 0 Å². The van der Waals surface area contributed by atoms with E-state index in [1.807, 2.05) is 6.92 Å². The van der Waals surface area contributed by atoms with E-state index in [0.29, 0.717) is 17.9 Å². The number of sulfone groups is 1. The minimum atomic E-state index is -2.94. The molecule has 1 saturated heterocycles. The van der Waals surface area contributed by atoms with Crippen molar-refractivity contribution in [3.63, 3.8) is 0 Å². The van der Waals surface area contributed by atoms with Crippen LogP contribution in [0.4, 0.5) is 0 Å². The highest BCUT2D eigenvalue weighted by Crippen LogP contribution is 2.15. The first-order valence-corrected chi connectivity index (χ1v) is 9.52. The predicted octanol–water partition coefficient (Wildman–Crippen LogP) is 0.383. The summed E-state index contributed by atoms with van der Waals surface area (Å²) in [6.07, 6.45) is 0.522. The van der Waals surface area contributed by atoms with Crippen LogP contribution in [0.3, 0.4) is 0 Å². The lowest BCUT2D eigenvalue weighted by Gasteiger charge is -2.10. The molecule has 19 heavy (non-hydrogen) atoms. The minimum Gasteiger partial charge on any atom is -0.352 e. The van der Waals surface area contributed by atoms with Gasteiger partial charge in [0.2, 0.25) is 5.91 Å². The number of aromatic nitrogens is 2. The van der Waals surface area contributed by atoms with Gasteiger partial charge in [-0.05, 0) is 13.3 Å². The molecule has 1 fully saturated rings. The van der Waals surface area contributed by atoms with Gasteiger partial charge in [-0.15, -0.1) is 11.8 Å². The minimum absolute atomic E-state index is 0.0680. The second-order valence-corrected chi connectivity index (χ2v) is 8.20. The molecule has 0 spiro atoms. The lowest BCUT2D eigenvalue weighted by atomic mass is 10.3. The molecule has 1 aromatic heterocycles. The number of hydrogen-bond acceptors (Lipinski definition) is 7. The Kier molecular flexibility index (Phi) is 4.80. The molecule has 9 heteroatoms. The van der Waals surface area contributed by atoms with Crippen LogP contribution in [0, 0.1) is 6.92 Å². The number of carbonyl (C=O) groups is 1. The zero-order valence-corrected chi connectivity index (χ0v) is 12.9. The van der Waals surface area contributed by atoms with Crippen LogP contribution < -0.4 is 5.32 Å². The van der Waals surface area contributed by atoms with Gasteiger partial charge in [0.25, 0.3) is 0 Å². The van der Waals surface area contributed by atoms with Crippen molar-refractivity contribution < 1.29 is 13.2 Å². The van der Waals surface area contributed by atoms with E-state index in [1.54, 1.807) is 0 Å². The summed E-state index contributed by atoms with van der Waals surface area (Å²) in [6, 6.07) is -0.222. The SMILES string of the molecule is Cc1nsnc1CSCC(=O)NC1CCS(=O)(=O)C1. The highest BCUT2D eigenvalue weighted by molar-refractivity contribution is 7.99. The third-order valence-corrected chi connectivity index (χ3v) is 6.19. The fourth-order valence-corrected chi connectivity index (χ4v) is 4.96. The van der Waals surface area contributed by atoms with Crippen LogP contribution >= 0.6 is 23.5 Å². The molecule has 1 N–H and O–H groups in total. The average Bonchev–Trinajstić information content (AvgIpc) is 2.86. The highest BCUT2D eigenvalue weighted by atomic mass is 32.2. The summed E-state index contributed by atoms with van der Waals surface area (Å²) < 4.78 is 30.7. The van der Waals surface area contributed by atoms with E-state index < -0.39 is 9.84 Å². The number of hydrogen-bond donors (Lipinski definition) is 1. The number of carbonyl (C=O) groups excluding carboxylic acids is 1. The monoisotopic (exact) mass is 321 g/mol. The van der Waals surface area contributed by atoms with Gasteiger partial charge in [0, 0.05) is 11.8 Å². The van der Waals surface area contributed by atoms with Crippen molar-refractivity contribution in [2.75, 3.05) is 17.3 Å². The average molecular weight is 321 g/mol. The number of nitrogens with zero attached hydrogens (tertiary/aromatic N) is 2. The van der Waals surface area contributed by atoms with E-state index in [4.69, 9.17) is 0 Å². The molecule has 1 aromatic rings. The Morgan fingerprint density at radius 1 is 1.53 bits per heavy atom. The topological polar surface area (TPSA) is 89.0 Å². The second-order valence-electron chi connectivity index (χ2n) is 4.46. The summed E-state index contributed by atoms with van der Waals surface area (Å²) in [4.78, 5) is 11.7. The summed E-state index contributed by atoms with van der Waals surface area (Å²) in [5, 5.41) is 2.76. The normalized spacial score (nSPS) is 21.4. The van der Waals surface area contributed by atoms with Crippen LogP contribution in [0.15, 0.2) is 0 Å². The van der Waals surface area contributed by atoms with Crippen LogP contribution in [0.2, 0.25) is 0 Å². The van der Waals surface area contributed by atoms with Crippen LogP contribution in [0.5, 0.6) is 0 Å². The zero-order valence-electron chi connectivity index (χ0n) is 10.5. The van der Waals surface area contributed by atoms with Crippen LogP contribution in [-0.2, 0) is 20.4 Å². The Morgan fingerprint density at radius 2 is 2.32 bits per heavy atom. The molecule has 0 radical (unpaired) electrons. The molecular weight excluding hydrogens is 306 g/mol. The van der Waals surface area contributed by atoms with E-state index in [2.05, 4.69) is 14.1 Å². The van der Waals surface area contributed by atoms with Crippen molar-refractivity contribution in [3.8, 4) is 0 Å². The lowest BCUT2D eigenvalue weighted by molar-refractivity contribution is -0.119. The van der Waals surface area contributed by atoms with Crippen LogP contribution in [-0.4, -0.2) is 46.4 Å². The van der Waals surface area contributed by atoms with Gasteiger partial charge in [0.05, 0.1) is 40.4 Å². The van der Waals surface area contributed by atoms with E-state index in [1.165, 1.54) is 23.5 Å². The molecule has 6 nitrogen and oxygen atoms in total. The first kappa shape index (κ1) is 14.7. The molecule has 0 aromatic carbocycles. The lowest BCUT2D eigenvalue weighted by Crippen LogP contribution is -2.36. The number of rotatable bonds is 5. The molecular formula is C10H15N3O3S3. The second kappa shape index (κ2) is 6.19. The Labute approximate surface area is 120 Å². The Hall–Kier alpha value is -0.670. The van der Waals surface area contributed by atoms with Crippen LogP contribution in [0.1, 0.15) is 17.8 Å². The molecule has 0 aliphatic carbocycles. The standard InChI is InChI=1S/C10H15N3O3S3/c1-7-9(13-18-12-7)4-17-5-10(14)11-8-2-3-19(15,16)6-8/h8H,2-6H2,1H3,(H,11,14). The summed E-state index contributed by atoms with van der Waals surface area (Å²) in [7, 11) is -2.94. The van der Waals surface area contributed by atoms with Gasteiger partial charge in [-0.2, -0.15) is 8.75 Å². The molecule has 1 unspecified atom stereocenters. The third-order valence-electron chi connectivity index (χ3n) is 2.82. The van der Waals surface area contributed by atoms with Gasteiger partial charge in [-0.1, -0.05) is 0 Å². The summed E-state index contributed by atoms with van der Waals surface area (Å²) in [6.45, 7) is 1.89. The number of thioether (sulfide) groups is 1. The fraction of sp³-hybridized carbons (Fsp3) is 0.700. The largest absolute Gasteiger partial charge is 0.352 e. The van der Waals surface area contributed by atoms with E-state index in [-0.39, 0.29) is 23.5 Å². The quantitative estimate of drug-likeness (QED) is 0.843. The zero-order chi connectivity index (χ0) is 13.9. The maximum absolute atomic E-state index is 11.7. The fourth-order valence-electron chi connectivity index (χ4n) is 1.80. The Balaban J connectivity index is 1.69. The van der Waals surface area contributed by atoms with Crippen LogP contribution in [0.25, 0.3) is 0 Å². The number of nitrogens with one attached hydrogen (secondary N) is 1. The molecule has 106 valence electrons.